The smallest absolute Gasteiger partial charge is 0.213 e. The number of para-hydroxylation sites is 2. The third-order valence-electron chi connectivity index (χ3n) is 5.14. The summed E-state index contributed by atoms with van der Waals surface area (Å²) in [6.07, 6.45) is 3.52. The minimum Gasteiger partial charge on any atom is -0.489 e. The lowest BCUT2D eigenvalue weighted by Crippen LogP contribution is -2.19. The SMILES string of the molecule is CCC(CCCO)Oc1ccccc1S(=O)(=O)c1ccccc1OC(CC)CCCO. The lowest BCUT2D eigenvalue weighted by Gasteiger charge is -2.21. The number of hydrogen-bond acceptors (Lipinski definition) is 6. The topological polar surface area (TPSA) is 93.1 Å². The van der Waals surface area contributed by atoms with E-state index in [1.807, 2.05) is 13.8 Å². The van der Waals surface area contributed by atoms with Gasteiger partial charge in [-0.05, 0) is 62.8 Å². The van der Waals surface area contributed by atoms with Gasteiger partial charge >= 0.3 is 0 Å². The first-order valence-corrected chi connectivity index (χ1v) is 12.4. The standard InChI is InChI=1S/C24H34O6S/c1-3-19(11-9-17-25)29-21-13-5-7-15-23(21)31(27,28)24-16-8-6-14-22(24)30-20(4-2)12-10-18-26/h5-8,13-16,19-20,25-26H,3-4,9-12,17-18H2,1-2H3. The highest BCUT2D eigenvalue weighted by atomic mass is 32.2. The predicted octanol–water partition coefficient (Wildman–Crippen LogP) is 4.38. The zero-order valence-corrected chi connectivity index (χ0v) is 19.2. The van der Waals surface area contributed by atoms with Crippen molar-refractivity contribution in [2.24, 2.45) is 0 Å². The van der Waals surface area contributed by atoms with E-state index in [0.717, 1.165) is 0 Å². The van der Waals surface area contributed by atoms with E-state index in [-0.39, 0.29) is 35.2 Å². The van der Waals surface area contributed by atoms with E-state index in [1.165, 1.54) is 0 Å². The summed E-state index contributed by atoms with van der Waals surface area (Å²) in [7, 11) is -3.90. The van der Waals surface area contributed by atoms with Gasteiger partial charge in [0.05, 0.1) is 12.2 Å². The summed E-state index contributed by atoms with van der Waals surface area (Å²) in [6.45, 7) is 4.08. The molecule has 0 fully saturated rings. The Morgan fingerprint density at radius 3 is 1.48 bits per heavy atom. The van der Waals surface area contributed by atoms with Crippen molar-refractivity contribution >= 4 is 9.84 Å². The van der Waals surface area contributed by atoms with E-state index >= 15 is 0 Å². The molecule has 0 heterocycles. The molecule has 2 aromatic rings. The molecule has 2 unspecified atom stereocenters. The number of benzene rings is 2. The van der Waals surface area contributed by atoms with Gasteiger partial charge in [0.1, 0.15) is 21.3 Å². The maximum absolute atomic E-state index is 13.6. The average molecular weight is 451 g/mol. The molecular formula is C24H34O6S. The Labute approximate surface area is 185 Å². The van der Waals surface area contributed by atoms with Crippen LogP contribution in [0.1, 0.15) is 52.4 Å². The molecule has 172 valence electrons. The highest BCUT2D eigenvalue weighted by molar-refractivity contribution is 7.91. The number of ether oxygens (including phenoxy) is 2. The summed E-state index contributed by atoms with van der Waals surface area (Å²) >= 11 is 0. The summed E-state index contributed by atoms with van der Waals surface area (Å²) in [6, 6.07) is 13.3. The zero-order chi connectivity index (χ0) is 22.7. The first kappa shape index (κ1) is 25.2. The molecule has 2 aromatic carbocycles. The van der Waals surface area contributed by atoms with Gasteiger partial charge in [-0.15, -0.1) is 0 Å². The second kappa shape index (κ2) is 12.7. The van der Waals surface area contributed by atoms with Crippen molar-refractivity contribution < 1.29 is 28.1 Å². The third kappa shape index (κ3) is 6.95. The molecule has 6 nitrogen and oxygen atoms in total. The number of hydrogen-bond donors (Lipinski definition) is 2. The zero-order valence-electron chi connectivity index (χ0n) is 18.4. The van der Waals surface area contributed by atoms with Gasteiger partial charge in [0.15, 0.2) is 0 Å². The van der Waals surface area contributed by atoms with Gasteiger partial charge < -0.3 is 19.7 Å². The minimum absolute atomic E-state index is 0.0688. The number of sulfone groups is 1. The van der Waals surface area contributed by atoms with Crippen LogP contribution in [0, 0.1) is 0 Å². The Balaban J connectivity index is 2.38. The first-order chi connectivity index (χ1) is 15.0. The lowest BCUT2D eigenvalue weighted by molar-refractivity contribution is 0.164. The van der Waals surface area contributed by atoms with E-state index in [0.29, 0.717) is 50.0 Å². The second-order valence-corrected chi connectivity index (χ2v) is 9.31. The molecule has 7 heteroatoms. The largest absolute Gasteiger partial charge is 0.489 e. The molecule has 0 saturated heterocycles. The van der Waals surface area contributed by atoms with Crippen molar-refractivity contribution in [3.05, 3.63) is 48.5 Å². The van der Waals surface area contributed by atoms with E-state index in [1.54, 1.807) is 48.5 Å². The van der Waals surface area contributed by atoms with Crippen LogP contribution in [0.2, 0.25) is 0 Å². The highest BCUT2D eigenvalue weighted by Crippen LogP contribution is 2.35. The van der Waals surface area contributed by atoms with Crippen LogP contribution in [-0.2, 0) is 9.84 Å². The van der Waals surface area contributed by atoms with E-state index < -0.39 is 9.84 Å². The van der Waals surface area contributed by atoms with Crippen molar-refractivity contribution in [2.45, 2.75) is 74.4 Å². The van der Waals surface area contributed by atoms with Gasteiger partial charge in [-0.2, -0.15) is 0 Å². The molecule has 2 N–H and O–H groups in total. The molecule has 31 heavy (non-hydrogen) atoms. The van der Waals surface area contributed by atoms with Crippen LogP contribution in [0.15, 0.2) is 58.3 Å². The van der Waals surface area contributed by atoms with E-state index in [2.05, 4.69) is 0 Å². The minimum atomic E-state index is -3.90. The van der Waals surface area contributed by atoms with Gasteiger partial charge in [0, 0.05) is 13.2 Å². The fraction of sp³-hybridized carbons (Fsp3) is 0.500. The van der Waals surface area contributed by atoms with Gasteiger partial charge in [-0.25, -0.2) is 8.42 Å². The van der Waals surface area contributed by atoms with Gasteiger partial charge in [-0.1, -0.05) is 38.1 Å². The maximum atomic E-state index is 13.6. The van der Waals surface area contributed by atoms with E-state index in [4.69, 9.17) is 19.7 Å². The first-order valence-electron chi connectivity index (χ1n) is 11.0. The molecule has 0 saturated carbocycles. The molecule has 0 spiro atoms. The fourth-order valence-corrected chi connectivity index (χ4v) is 4.86. The fourth-order valence-electron chi connectivity index (χ4n) is 3.35. The molecule has 0 bridgehead atoms. The van der Waals surface area contributed by atoms with Gasteiger partial charge in [0.25, 0.3) is 0 Å². The molecule has 0 aliphatic heterocycles. The van der Waals surface area contributed by atoms with E-state index in [9.17, 15) is 8.42 Å². The molecule has 0 aromatic heterocycles. The maximum Gasteiger partial charge on any atom is 0.213 e. The molecule has 2 atom stereocenters. The molecule has 0 aliphatic carbocycles. The Hall–Kier alpha value is -2.09. The molecule has 2 rings (SSSR count). The summed E-state index contributed by atoms with van der Waals surface area (Å²) in [4.78, 5) is 0.189. The number of aliphatic hydroxyl groups excluding tert-OH is 2. The Morgan fingerprint density at radius 1 is 0.742 bits per heavy atom. The molecular weight excluding hydrogens is 416 g/mol. The summed E-state index contributed by atoms with van der Waals surface area (Å²) in [5, 5.41) is 18.2. The van der Waals surface area contributed by atoms with Crippen LogP contribution >= 0.6 is 0 Å². The van der Waals surface area contributed by atoms with Crippen LogP contribution in [-0.4, -0.2) is 44.1 Å². The monoisotopic (exact) mass is 450 g/mol. The van der Waals surface area contributed by atoms with Crippen LogP contribution in [0.25, 0.3) is 0 Å². The molecule has 0 aliphatic rings. The van der Waals surface area contributed by atoms with Crippen LogP contribution in [0.3, 0.4) is 0 Å². The van der Waals surface area contributed by atoms with Gasteiger partial charge in [0.2, 0.25) is 9.84 Å². The van der Waals surface area contributed by atoms with Crippen molar-refractivity contribution in [1.29, 1.82) is 0 Å². The lowest BCUT2D eigenvalue weighted by atomic mass is 10.1. The van der Waals surface area contributed by atoms with Crippen molar-refractivity contribution in [3.63, 3.8) is 0 Å². The summed E-state index contributed by atoms with van der Waals surface area (Å²) in [5.74, 6) is 0.601. The number of rotatable bonds is 14. The normalized spacial score (nSPS) is 13.5. The van der Waals surface area contributed by atoms with Crippen LogP contribution in [0.5, 0.6) is 11.5 Å². The predicted molar refractivity (Wildman–Crippen MR) is 120 cm³/mol. The Kier molecular flexibility index (Phi) is 10.3. The highest BCUT2D eigenvalue weighted by Gasteiger charge is 2.27. The molecule has 0 radical (unpaired) electrons. The van der Waals surface area contributed by atoms with Gasteiger partial charge in [-0.3, -0.25) is 0 Å². The summed E-state index contributed by atoms with van der Waals surface area (Å²) < 4.78 is 39.3. The average Bonchev–Trinajstić information content (AvgIpc) is 2.79. The second-order valence-electron chi connectivity index (χ2n) is 7.42. The van der Waals surface area contributed by atoms with Crippen LogP contribution < -0.4 is 9.47 Å². The van der Waals surface area contributed by atoms with Crippen LogP contribution in [0.4, 0.5) is 0 Å². The van der Waals surface area contributed by atoms with Crippen molar-refractivity contribution in [2.75, 3.05) is 13.2 Å². The quantitative estimate of drug-likeness (QED) is 0.444. The van der Waals surface area contributed by atoms with Crippen molar-refractivity contribution in [3.8, 4) is 11.5 Å². The molecule has 0 amide bonds. The number of aliphatic hydroxyl groups is 2. The van der Waals surface area contributed by atoms with Crippen molar-refractivity contribution in [1.82, 2.24) is 0 Å². The third-order valence-corrected chi connectivity index (χ3v) is 6.98. The Bertz CT molecular complexity index is 829. The Morgan fingerprint density at radius 2 is 1.13 bits per heavy atom. The summed E-state index contributed by atoms with van der Waals surface area (Å²) in [5.41, 5.74) is 0.